The minimum Gasteiger partial charge on any atom is -0.381 e. The maximum atomic E-state index is 13.0. The van der Waals surface area contributed by atoms with E-state index in [0.29, 0.717) is 5.91 Å². The number of nitrogens with zero attached hydrogens (tertiary/aromatic N) is 1. The molecule has 4 nitrogen and oxygen atoms in total. The molecule has 4 heteroatoms. The molecule has 0 aromatic carbocycles. The predicted octanol–water partition coefficient (Wildman–Crippen LogP) is 2.88. The predicted molar refractivity (Wildman–Crippen MR) is 80.8 cm³/mol. The van der Waals surface area contributed by atoms with Gasteiger partial charge in [0.05, 0.1) is 12.2 Å². The zero-order chi connectivity index (χ0) is 14.8. The molecular formula is C17H27NO3. The van der Waals surface area contributed by atoms with E-state index in [-0.39, 0.29) is 18.1 Å². The van der Waals surface area contributed by atoms with Crippen LogP contribution in [0.3, 0.4) is 0 Å². The van der Waals surface area contributed by atoms with Gasteiger partial charge in [-0.1, -0.05) is 0 Å². The monoisotopic (exact) mass is 293 g/mol. The van der Waals surface area contributed by atoms with Crippen LogP contribution in [0.2, 0.25) is 0 Å². The van der Waals surface area contributed by atoms with Crippen LogP contribution in [0, 0.1) is 5.92 Å². The molecule has 2 atom stereocenters. The van der Waals surface area contributed by atoms with Crippen LogP contribution >= 0.6 is 0 Å². The Morgan fingerprint density at radius 2 is 1.67 bits per heavy atom. The lowest BCUT2D eigenvalue weighted by molar-refractivity contribution is -0.138. The molecule has 2 unspecified atom stereocenters. The number of hydrogen-bond acceptors (Lipinski definition) is 3. The second kappa shape index (κ2) is 6.49. The first-order valence-electron chi connectivity index (χ1n) is 8.30. The Balaban J connectivity index is 1.71. The molecule has 0 N–H and O–H groups in total. The third kappa shape index (κ3) is 3.02. The van der Waals surface area contributed by atoms with E-state index in [0.717, 1.165) is 38.6 Å². The first-order valence-corrected chi connectivity index (χ1v) is 8.30. The van der Waals surface area contributed by atoms with Gasteiger partial charge in [0.15, 0.2) is 0 Å². The van der Waals surface area contributed by atoms with Gasteiger partial charge >= 0.3 is 0 Å². The molecule has 118 valence electrons. The van der Waals surface area contributed by atoms with Crippen LogP contribution in [0.1, 0.15) is 51.4 Å². The summed E-state index contributed by atoms with van der Waals surface area (Å²) in [6.07, 6.45) is 8.81. The van der Waals surface area contributed by atoms with Gasteiger partial charge in [0.2, 0.25) is 5.91 Å². The first kappa shape index (κ1) is 15.0. The van der Waals surface area contributed by atoms with Crippen LogP contribution < -0.4 is 0 Å². The Morgan fingerprint density at radius 3 is 2.33 bits per heavy atom. The van der Waals surface area contributed by atoms with Crippen LogP contribution in [-0.2, 0) is 14.3 Å². The summed E-state index contributed by atoms with van der Waals surface area (Å²) in [6, 6.07) is 0. The zero-order valence-electron chi connectivity index (χ0n) is 13.3. The van der Waals surface area contributed by atoms with Crippen molar-refractivity contribution in [3.05, 3.63) is 11.3 Å². The Hall–Kier alpha value is -0.870. The number of hydrogen-bond donors (Lipinski definition) is 0. The van der Waals surface area contributed by atoms with Crippen LogP contribution in [0.4, 0.5) is 0 Å². The maximum absolute atomic E-state index is 13.0. The van der Waals surface area contributed by atoms with Crippen molar-refractivity contribution >= 4 is 5.91 Å². The van der Waals surface area contributed by atoms with E-state index in [2.05, 4.69) is 4.90 Å². The van der Waals surface area contributed by atoms with Gasteiger partial charge in [-0.2, -0.15) is 0 Å². The molecule has 1 fully saturated rings. The van der Waals surface area contributed by atoms with Gasteiger partial charge in [0, 0.05) is 32.4 Å². The minimum absolute atomic E-state index is 0.0578. The van der Waals surface area contributed by atoms with E-state index < -0.39 is 0 Å². The molecule has 1 heterocycles. The number of methoxy groups -OCH3 is 2. The van der Waals surface area contributed by atoms with Crippen molar-refractivity contribution in [1.29, 1.82) is 0 Å². The van der Waals surface area contributed by atoms with Gasteiger partial charge in [-0.25, -0.2) is 0 Å². The van der Waals surface area contributed by atoms with Gasteiger partial charge in [0.25, 0.3) is 0 Å². The largest absolute Gasteiger partial charge is 0.381 e. The summed E-state index contributed by atoms with van der Waals surface area (Å²) in [5, 5.41) is 0. The van der Waals surface area contributed by atoms with Crippen molar-refractivity contribution in [3.63, 3.8) is 0 Å². The standard InChI is InChI=1S/C17H27NO3/c1-20-14-9-13(10-15(11-14)21-2)17(19)18-8-7-12-5-3-4-6-16(12)18/h13-15H,3-11H2,1-2H3. The summed E-state index contributed by atoms with van der Waals surface area (Å²) in [5.41, 5.74) is 2.89. The summed E-state index contributed by atoms with van der Waals surface area (Å²) in [7, 11) is 3.48. The van der Waals surface area contributed by atoms with Gasteiger partial charge in [0.1, 0.15) is 0 Å². The highest BCUT2D eigenvalue weighted by molar-refractivity contribution is 5.81. The van der Waals surface area contributed by atoms with Gasteiger partial charge in [-0.3, -0.25) is 4.79 Å². The summed E-state index contributed by atoms with van der Waals surface area (Å²) in [4.78, 5) is 15.0. The Morgan fingerprint density at radius 1 is 1.00 bits per heavy atom. The fraction of sp³-hybridized carbons (Fsp3) is 0.824. The third-order valence-electron chi connectivity index (χ3n) is 5.42. The van der Waals surface area contributed by atoms with Gasteiger partial charge < -0.3 is 14.4 Å². The number of ether oxygens (including phenoxy) is 2. The van der Waals surface area contributed by atoms with E-state index >= 15 is 0 Å². The normalized spacial score (nSPS) is 33.2. The van der Waals surface area contributed by atoms with Crippen LogP contribution in [0.15, 0.2) is 11.3 Å². The molecule has 0 saturated heterocycles. The lowest BCUT2D eigenvalue weighted by Gasteiger charge is -2.35. The maximum Gasteiger partial charge on any atom is 0.230 e. The van der Waals surface area contributed by atoms with Crippen molar-refractivity contribution in [2.45, 2.75) is 63.6 Å². The molecule has 3 aliphatic rings. The number of carbonyl (C=O) groups is 1. The molecular weight excluding hydrogens is 266 g/mol. The zero-order valence-corrected chi connectivity index (χ0v) is 13.3. The first-order chi connectivity index (χ1) is 10.2. The average molecular weight is 293 g/mol. The molecule has 0 bridgehead atoms. The van der Waals surface area contributed by atoms with Crippen molar-refractivity contribution in [1.82, 2.24) is 4.90 Å². The minimum atomic E-state index is 0.0578. The Kier molecular flexibility index (Phi) is 4.65. The number of rotatable bonds is 3. The molecule has 0 aromatic rings. The van der Waals surface area contributed by atoms with E-state index in [4.69, 9.17) is 9.47 Å². The molecule has 2 aliphatic carbocycles. The summed E-state index contributed by atoms with van der Waals surface area (Å²) in [6.45, 7) is 0.898. The molecule has 1 aliphatic heterocycles. The van der Waals surface area contributed by atoms with Crippen LogP contribution in [0.5, 0.6) is 0 Å². The molecule has 0 spiro atoms. The summed E-state index contributed by atoms with van der Waals surface area (Å²) in [5.74, 6) is 0.369. The second-order valence-electron chi connectivity index (χ2n) is 6.62. The van der Waals surface area contributed by atoms with Gasteiger partial charge in [-0.05, 0) is 56.9 Å². The lowest BCUT2D eigenvalue weighted by atomic mass is 9.84. The van der Waals surface area contributed by atoms with E-state index in [1.165, 1.54) is 30.5 Å². The van der Waals surface area contributed by atoms with E-state index in [9.17, 15) is 4.79 Å². The number of allylic oxidation sites excluding steroid dienone is 1. The van der Waals surface area contributed by atoms with Crippen molar-refractivity contribution in [2.75, 3.05) is 20.8 Å². The highest BCUT2D eigenvalue weighted by Crippen LogP contribution is 2.37. The molecule has 0 radical (unpaired) electrons. The molecule has 1 amide bonds. The second-order valence-corrected chi connectivity index (χ2v) is 6.62. The molecule has 0 aromatic heterocycles. The van der Waals surface area contributed by atoms with E-state index in [1.54, 1.807) is 14.2 Å². The third-order valence-corrected chi connectivity index (χ3v) is 5.42. The Labute approximate surface area is 127 Å². The molecule has 21 heavy (non-hydrogen) atoms. The fourth-order valence-electron chi connectivity index (χ4n) is 4.20. The molecule has 1 saturated carbocycles. The fourth-order valence-corrected chi connectivity index (χ4v) is 4.20. The summed E-state index contributed by atoms with van der Waals surface area (Å²) >= 11 is 0. The van der Waals surface area contributed by atoms with Gasteiger partial charge in [-0.15, -0.1) is 0 Å². The van der Waals surface area contributed by atoms with Crippen molar-refractivity contribution < 1.29 is 14.3 Å². The van der Waals surface area contributed by atoms with Crippen molar-refractivity contribution in [3.8, 4) is 0 Å². The van der Waals surface area contributed by atoms with Crippen LogP contribution in [-0.4, -0.2) is 43.8 Å². The topological polar surface area (TPSA) is 38.8 Å². The Bertz CT molecular complexity index is 420. The SMILES string of the molecule is COC1CC(OC)CC(C(=O)N2CCC3=C2CCCC3)C1. The summed E-state index contributed by atoms with van der Waals surface area (Å²) < 4.78 is 11.0. The number of amides is 1. The van der Waals surface area contributed by atoms with E-state index in [1.807, 2.05) is 0 Å². The number of carbonyl (C=O) groups excluding carboxylic acids is 1. The highest BCUT2D eigenvalue weighted by Gasteiger charge is 2.38. The molecule has 3 rings (SSSR count). The highest BCUT2D eigenvalue weighted by atomic mass is 16.5. The van der Waals surface area contributed by atoms with Crippen molar-refractivity contribution in [2.24, 2.45) is 5.92 Å². The van der Waals surface area contributed by atoms with Crippen LogP contribution in [0.25, 0.3) is 0 Å². The average Bonchev–Trinajstić information content (AvgIpc) is 2.97. The quantitative estimate of drug-likeness (QED) is 0.803. The lowest BCUT2D eigenvalue weighted by Crippen LogP contribution is -2.41. The smallest absolute Gasteiger partial charge is 0.230 e.